The molecule has 1 heterocycles. The van der Waals surface area contributed by atoms with Gasteiger partial charge in [0.15, 0.2) is 6.61 Å². The quantitative estimate of drug-likeness (QED) is 0.570. The van der Waals surface area contributed by atoms with Gasteiger partial charge in [0.05, 0.1) is 10.6 Å². The lowest BCUT2D eigenvalue weighted by Gasteiger charge is -2.13. The second-order valence-corrected chi connectivity index (χ2v) is 7.89. The van der Waals surface area contributed by atoms with E-state index in [4.69, 9.17) is 9.84 Å². The molecule has 8 nitrogen and oxygen atoms in total. The number of rotatable bonds is 7. The van der Waals surface area contributed by atoms with Gasteiger partial charge in [-0.2, -0.15) is 0 Å². The van der Waals surface area contributed by atoms with Crippen LogP contribution in [0.1, 0.15) is 5.56 Å². The van der Waals surface area contributed by atoms with Crippen molar-refractivity contribution < 1.29 is 29.0 Å². The molecule has 0 radical (unpaired) electrons. The summed E-state index contributed by atoms with van der Waals surface area (Å²) in [5.74, 6) is -1.77. The zero-order chi connectivity index (χ0) is 21.7. The van der Waals surface area contributed by atoms with Gasteiger partial charge in [-0.05, 0) is 63.6 Å². The van der Waals surface area contributed by atoms with Gasteiger partial charge in [-0.1, -0.05) is 24.3 Å². The number of anilines is 1. The van der Waals surface area contributed by atoms with Crippen LogP contribution in [0.5, 0.6) is 5.75 Å². The molecule has 0 aromatic heterocycles. The van der Waals surface area contributed by atoms with Crippen LogP contribution in [0.3, 0.4) is 0 Å². The Balaban J connectivity index is 1.64. The average Bonchev–Trinajstić information content (AvgIpc) is 2.96. The Bertz CT molecular complexity index is 1040. The number of imide groups is 1. The van der Waals surface area contributed by atoms with E-state index >= 15 is 0 Å². The highest BCUT2D eigenvalue weighted by Crippen LogP contribution is 2.32. The van der Waals surface area contributed by atoms with Gasteiger partial charge in [-0.3, -0.25) is 19.3 Å². The summed E-state index contributed by atoms with van der Waals surface area (Å²) in [5, 5.41) is 10.7. The Morgan fingerprint density at radius 3 is 2.50 bits per heavy atom. The third-order valence-electron chi connectivity index (χ3n) is 3.86. The number of halogens is 1. The van der Waals surface area contributed by atoms with Gasteiger partial charge in [0, 0.05) is 4.47 Å². The molecule has 2 aromatic rings. The standard InChI is InChI=1S/C20H15BrN2O6S/c21-14-3-1-2-4-15(14)22-17(24)10-23-19(27)16(30-20(23)28)9-12-5-7-13(8-6-12)29-11-18(25)26/h1-9H,10-11H2,(H,22,24)(H,25,26)/b16-9+. The molecular formula is C20H15BrN2O6S. The van der Waals surface area contributed by atoms with Crippen molar-refractivity contribution in [1.29, 1.82) is 0 Å². The normalized spacial score (nSPS) is 14.8. The molecule has 1 aliphatic heterocycles. The predicted molar refractivity (Wildman–Crippen MR) is 115 cm³/mol. The second-order valence-electron chi connectivity index (χ2n) is 6.05. The van der Waals surface area contributed by atoms with Gasteiger partial charge in [0.25, 0.3) is 11.1 Å². The van der Waals surface area contributed by atoms with E-state index in [0.717, 1.165) is 16.7 Å². The van der Waals surface area contributed by atoms with Crippen molar-refractivity contribution in [3.8, 4) is 5.75 Å². The number of benzene rings is 2. The molecular weight excluding hydrogens is 476 g/mol. The summed E-state index contributed by atoms with van der Waals surface area (Å²) < 4.78 is 5.73. The Kier molecular flexibility index (Phi) is 6.91. The summed E-state index contributed by atoms with van der Waals surface area (Å²) in [6.45, 7) is -0.856. The Labute approximate surface area is 184 Å². The molecule has 30 heavy (non-hydrogen) atoms. The zero-order valence-electron chi connectivity index (χ0n) is 15.3. The molecule has 1 fully saturated rings. The summed E-state index contributed by atoms with van der Waals surface area (Å²) >= 11 is 4.06. The lowest BCUT2D eigenvalue weighted by molar-refractivity contribution is -0.139. The lowest BCUT2D eigenvalue weighted by atomic mass is 10.2. The number of amides is 3. The molecule has 2 aromatic carbocycles. The lowest BCUT2D eigenvalue weighted by Crippen LogP contribution is -2.36. The van der Waals surface area contributed by atoms with Crippen LogP contribution >= 0.6 is 27.7 Å². The predicted octanol–water partition coefficient (Wildman–Crippen LogP) is 3.59. The summed E-state index contributed by atoms with van der Waals surface area (Å²) in [7, 11) is 0. The number of para-hydroxylation sites is 1. The SMILES string of the molecule is O=C(O)COc1ccc(/C=C2/SC(=O)N(CC(=O)Nc3ccccc3Br)C2=O)cc1. The molecule has 1 aliphatic rings. The molecule has 0 unspecified atom stereocenters. The van der Waals surface area contributed by atoms with Crippen LogP contribution in [-0.2, 0) is 14.4 Å². The number of carboxylic acid groups (broad SMARTS) is 1. The van der Waals surface area contributed by atoms with Gasteiger partial charge in [0.1, 0.15) is 12.3 Å². The van der Waals surface area contributed by atoms with E-state index in [1.807, 2.05) is 0 Å². The molecule has 3 amide bonds. The summed E-state index contributed by atoms with van der Waals surface area (Å²) in [6.07, 6.45) is 1.53. The highest BCUT2D eigenvalue weighted by Gasteiger charge is 2.36. The van der Waals surface area contributed by atoms with Crippen LogP contribution in [0.2, 0.25) is 0 Å². The molecule has 1 saturated heterocycles. The van der Waals surface area contributed by atoms with Gasteiger partial charge in [0.2, 0.25) is 5.91 Å². The van der Waals surface area contributed by atoms with Crippen molar-refractivity contribution in [3.05, 3.63) is 63.5 Å². The van der Waals surface area contributed by atoms with Gasteiger partial charge >= 0.3 is 5.97 Å². The Morgan fingerprint density at radius 1 is 1.13 bits per heavy atom. The van der Waals surface area contributed by atoms with E-state index in [0.29, 0.717) is 21.5 Å². The first-order chi connectivity index (χ1) is 14.3. The minimum atomic E-state index is -1.09. The van der Waals surface area contributed by atoms with Crippen molar-refractivity contribution >= 4 is 62.5 Å². The van der Waals surface area contributed by atoms with Crippen molar-refractivity contribution in [2.45, 2.75) is 0 Å². The number of hydrogen-bond donors (Lipinski definition) is 2. The monoisotopic (exact) mass is 490 g/mol. The van der Waals surface area contributed by atoms with Crippen molar-refractivity contribution in [2.75, 3.05) is 18.5 Å². The molecule has 0 saturated carbocycles. The minimum absolute atomic E-state index is 0.188. The Hall–Kier alpha value is -3.11. The number of carbonyl (C=O) groups is 4. The average molecular weight is 491 g/mol. The molecule has 2 N–H and O–H groups in total. The minimum Gasteiger partial charge on any atom is -0.482 e. The van der Waals surface area contributed by atoms with E-state index in [-0.39, 0.29) is 4.91 Å². The number of hydrogen-bond acceptors (Lipinski definition) is 6. The van der Waals surface area contributed by atoms with Crippen LogP contribution in [0.25, 0.3) is 6.08 Å². The summed E-state index contributed by atoms with van der Waals surface area (Å²) in [4.78, 5) is 48.6. The number of aliphatic carboxylic acids is 1. The van der Waals surface area contributed by atoms with Crippen LogP contribution < -0.4 is 10.1 Å². The van der Waals surface area contributed by atoms with Crippen LogP contribution in [0.15, 0.2) is 57.9 Å². The summed E-state index contributed by atoms with van der Waals surface area (Å²) in [5.41, 5.74) is 1.16. The van der Waals surface area contributed by atoms with E-state index in [1.54, 1.807) is 48.5 Å². The number of ether oxygens (including phenoxy) is 1. The Morgan fingerprint density at radius 2 is 1.83 bits per heavy atom. The number of carbonyl (C=O) groups excluding carboxylic acids is 3. The third kappa shape index (κ3) is 5.49. The molecule has 154 valence electrons. The zero-order valence-corrected chi connectivity index (χ0v) is 17.7. The van der Waals surface area contributed by atoms with E-state index in [9.17, 15) is 19.2 Å². The first kappa shape index (κ1) is 21.6. The first-order valence-corrected chi connectivity index (χ1v) is 10.2. The number of nitrogens with zero attached hydrogens (tertiary/aromatic N) is 1. The van der Waals surface area contributed by atoms with Crippen LogP contribution in [0, 0.1) is 0 Å². The molecule has 0 bridgehead atoms. The maximum absolute atomic E-state index is 12.6. The molecule has 3 rings (SSSR count). The smallest absolute Gasteiger partial charge is 0.341 e. The van der Waals surface area contributed by atoms with Gasteiger partial charge in [-0.25, -0.2) is 4.79 Å². The number of nitrogens with one attached hydrogen (secondary N) is 1. The first-order valence-electron chi connectivity index (χ1n) is 8.58. The molecule has 0 spiro atoms. The van der Waals surface area contributed by atoms with Gasteiger partial charge in [-0.15, -0.1) is 0 Å². The second kappa shape index (κ2) is 9.59. The third-order valence-corrected chi connectivity index (χ3v) is 5.46. The number of carboxylic acids is 1. The highest BCUT2D eigenvalue weighted by molar-refractivity contribution is 9.10. The largest absolute Gasteiger partial charge is 0.482 e. The van der Waals surface area contributed by atoms with E-state index < -0.39 is 36.2 Å². The highest BCUT2D eigenvalue weighted by atomic mass is 79.9. The van der Waals surface area contributed by atoms with E-state index in [1.165, 1.54) is 6.08 Å². The molecule has 0 atom stereocenters. The van der Waals surface area contributed by atoms with Crippen molar-refractivity contribution in [1.82, 2.24) is 4.90 Å². The van der Waals surface area contributed by atoms with Crippen LogP contribution in [0.4, 0.5) is 10.5 Å². The van der Waals surface area contributed by atoms with Gasteiger partial charge < -0.3 is 15.2 Å². The topological polar surface area (TPSA) is 113 Å². The van der Waals surface area contributed by atoms with Crippen molar-refractivity contribution in [3.63, 3.8) is 0 Å². The summed E-state index contributed by atoms with van der Waals surface area (Å²) in [6, 6.07) is 13.4. The maximum atomic E-state index is 12.6. The van der Waals surface area contributed by atoms with Crippen LogP contribution in [-0.4, -0.2) is 46.2 Å². The fourth-order valence-electron chi connectivity index (χ4n) is 2.49. The fourth-order valence-corrected chi connectivity index (χ4v) is 3.71. The van der Waals surface area contributed by atoms with Crippen molar-refractivity contribution in [2.24, 2.45) is 0 Å². The molecule has 10 heteroatoms. The molecule has 0 aliphatic carbocycles. The maximum Gasteiger partial charge on any atom is 0.341 e. The van der Waals surface area contributed by atoms with E-state index in [2.05, 4.69) is 21.2 Å². The fraction of sp³-hybridized carbons (Fsp3) is 0.100. The number of thioether (sulfide) groups is 1.